The molecule has 0 fully saturated rings. The number of esters is 2. The first-order valence-electron chi connectivity index (χ1n) is 4.94. The fraction of sp³-hybridized carbons (Fsp3) is 0.818. The molecule has 3 heteroatoms. The maximum absolute atomic E-state index is 11.2. The van der Waals surface area contributed by atoms with Crippen molar-refractivity contribution >= 4 is 11.9 Å². The quantitative estimate of drug-likeness (QED) is 0.519. The van der Waals surface area contributed by atoms with Crippen molar-refractivity contribution in [1.82, 2.24) is 0 Å². The number of ether oxygens (including phenoxy) is 1. The van der Waals surface area contributed by atoms with Gasteiger partial charge in [0.2, 0.25) is 0 Å². The summed E-state index contributed by atoms with van der Waals surface area (Å²) in [6.07, 6.45) is 0.576. The summed E-state index contributed by atoms with van der Waals surface area (Å²) in [5.41, 5.74) is -0.130. The first-order valence-corrected chi connectivity index (χ1v) is 4.94. The summed E-state index contributed by atoms with van der Waals surface area (Å²) in [5, 5.41) is 0. The maximum Gasteiger partial charge on any atom is 0.313 e. The first-order chi connectivity index (χ1) is 6.20. The molecule has 3 nitrogen and oxygen atoms in total. The van der Waals surface area contributed by atoms with Gasteiger partial charge in [0.1, 0.15) is 0 Å². The van der Waals surface area contributed by atoms with E-state index in [1.54, 1.807) is 0 Å². The summed E-state index contributed by atoms with van der Waals surface area (Å²) in [6, 6.07) is 0. The molecule has 0 aliphatic heterocycles. The molecule has 0 saturated carbocycles. The topological polar surface area (TPSA) is 43.4 Å². The van der Waals surface area contributed by atoms with Crippen molar-refractivity contribution in [2.45, 2.75) is 47.5 Å². The highest BCUT2D eigenvalue weighted by atomic mass is 16.6. The van der Waals surface area contributed by atoms with Crippen molar-refractivity contribution in [3.63, 3.8) is 0 Å². The molecule has 82 valence electrons. The zero-order valence-corrected chi connectivity index (χ0v) is 9.72. The molecule has 0 aromatic heterocycles. The van der Waals surface area contributed by atoms with E-state index >= 15 is 0 Å². The Bertz CT molecular complexity index is 211. The molecule has 0 atom stereocenters. The second kappa shape index (κ2) is 5.13. The van der Waals surface area contributed by atoms with Gasteiger partial charge in [0.25, 0.3) is 0 Å². The van der Waals surface area contributed by atoms with Gasteiger partial charge in [0.05, 0.1) is 6.42 Å². The first kappa shape index (κ1) is 13.1. The second-order valence-corrected chi connectivity index (χ2v) is 5.18. The number of hydrogen-bond acceptors (Lipinski definition) is 3. The monoisotopic (exact) mass is 200 g/mol. The number of rotatable bonds is 3. The molecular formula is C11H20O3. The number of carbonyl (C=O) groups excluding carboxylic acids is 2. The number of hydrogen-bond donors (Lipinski definition) is 0. The molecule has 0 bridgehead atoms. The van der Waals surface area contributed by atoms with Crippen LogP contribution in [-0.2, 0) is 14.3 Å². The van der Waals surface area contributed by atoms with E-state index in [-0.39, 0.29) is 17.8 Å². The molecular weight excluding hydrogens is 180 g/mol. The molecule has 0 unspecified atom stereocenters. The molecule has 0 aliphatic carbocycles. The van der Waals surface area contributed by atoms with Crippen LogP contribution < -0.4 is 0 Å². The molecule has 0 spiro atoms. The van der Waals surface area contributed by atoms with Gasteiger partial charge in [-0.05, 0) is 11.3 Å². The lowest BCUT2D eigenvalue weighted by Crippen LogP contribution is -2.19. The normalized spacial score (nSPS) is 11.6. The van der Waals surface area contributed by atoms with Crippen LogP contribution >= 0.6 is 0 Å². The summed E-state index contributed by atoms with van der Waals surface area (Å²) in [6.45, 7) is 9.62. The van der Waals surface area contributed by atoms with Crippen LogP contribution in [0.4, 0.5) is 0 Å². The van der Waals surface area contributed by atoms with Crippen LogP contribution in [0.2, 0.25) is 0 Å². The SMILES string of the molecule is CC(C)CC(=O)OC(=O)CC(C)(C)C. The van der Waals surface area contributed by atoms with E-state index < -0.39 is 11.9 Å². The van der Waals surface area contributed by atoms with E-state index in [1.807, 2.05) is 34.6 Å². The highest BCUT2D eigenvalue weighted by Crippen LogP contribution is 2.19. The largest absolute Gasteiger partial charge is 0.393 e. The van der Waals surface area contributed by atoms with Gasteiger partial charge in [-0.2, -0.15) is 0 Å². The lowest BCUT2D eigenvalue weighted by molar-refractivity contribution is -0.161. The summed E-state index contributed by atoms with van der Waals surface area (Å²) < 4.78 is 4.66. The third kappa shape index (κ3) is 7.77. The molecule has 0 radical (unpaired) electrons. The van der Waals surface area contributed by atoms with E-state index in [4.69, 9.17) is 0 Å². The van der Waals surface area contributed by atoms with E-state index in [0.29, 0.717) is 6.42 Å². The van der Waals surface area contributed by atoms with Gasteiger partial charge < -0.3 is 4.74 Å². The third-order valence-corrected chi connectivity index (χ3v) is 1.48. The van der Waals surface area contributed by atoms with E-state index in [2.05, 4.69) is 4.74 Å². The predicted octanol–water partition coefficient (Wildman–Crippen LogP) is 2.54. The maximum atomic E-state index is 11.2. The van der Waals surface area contributed by atoms with Crippen molar-refractivity contribution in [3.8, 4) is 0 Å². The summed E-state index contributed by atoms with van der Waals surface area (Å²) in [5.74, 6) is -0.623. The van der Waals surface area contributed by atoms with Gasteiger partial charge in [-0.25, -0.2) is 0 Å². The standard InChI is InChI=1S/C11H20O3/c1-8(2)6-9(12)14-10(13)7-11(3,4)5/h8H,6-7H2,1-5H3. The fourth-order valence-corrected chi connectivity index (χ4v) is 0.971. The van der Waals surface area contributed by atoms with Gasteiger partial charge in [0.15, 0.2) is 0 Å². The van der Waals surface area contributed by atoms with Gasteiger partial charge in [0, 0.05) is 6.42 Å². The average Bonchev–Trinajstić information content (AvgIpc) is 1.77. The molecule has 0 aliphatic rings. The van der Waals surface area contributed by atoms with Crippen LogP contribution in [-0.4, -0.2) is 11.9 Å². The summed E-state index contributed by atoms with van der Waals surface area (Å²) in [7, 11) is 0. The Morgan fingerprint density at radius 3 is 2.00 bits per heavy atom. The molecule has 0 rings (SSSR count). The Morgan fingerprint density at radius 1 is 1.14 bits per heavy atom. The molecule has 0 aromatic carbocycles. The van der Waals surface area contributed by atoms with Crippen LogP contribution in [0.15, 0.2) is 0 Å². The Hall–Kier alpha value is -0.860. The highest BCUT2D eigenvalue weighted by Gasteiger charge is 2.19. The fourth-order valence-electron chi connectivity index (χ4n) is 0.971. The van der Waals surface area contributed by atoms with Gasteiger partial charge in [-0.3, -0.25) is 9.59 Å². The molecule has 0 heterocycles. The highest BCUT2D eigenvalue weighted by molar-refractivity contribution is 5.85. The second-order valence-electron chi connectivity index (χ2n) is 5.18. The Kier molecular flexibility index (Phi) is 4.81. The van der Waals surface area contributed by atoms with E-state index in [1.165, 1.54) is 0 Å². The molecule has 0 amide bonds. The minimum atomic E-state index is -0.428. The van der Waals surface area contributed by atoms with Gasteiger partial charge in [-0.15, -0.1) is 0 Å². The summed E-state index contributed by atoms with van der Waals surface area (Å²) >= 11 is 0. The van der Waals surface area contributed by atoms with Crippen molar-refractivity contribution in [2.75, 3.05) is 0 Å². The smallest absolute Gasteiger partial charge is 0.313 e. The van der Waals surface area contributed by atoms with Crippen LogP contribution in [0.5, 0.6) is 0 Å². The molecule has 0 saturated heterocycles. The third-order valence-electron chi connectivity index (χ3n) is 1.48. The lowest BCUT2D eigenvalue weighted by atomic mass is 9.92. The minimum Gasteiger partial charge on any atom is -0.393 e. The van der Waals surface area contributed by atoms with Crippen LogP contribution in [0.25, 0.3) is 0 Å². The molecule has 14 heavy (non-hydrogen) atoms. The van der Waals surface area contributed by atoms with E-state index in [9.17, 15) is 9.59 Å². The predicted molar refractivity (Wildman–Crippen MR) is 54.6 cm³/mol. The average molecular weight is 200 g/mol. The van der Waals surface area contributed by atoms with E-state index in [0.717, 1.165) is 0 Å². The van der Waals surface area contributed by atoms with Crippen LogP contribution in [0, 0.1) is 11.3 Å². The van der Waals surface area contributed by atoms with Gasteiger partial charge >= 0.3 is 11.9 Å². The zero-order chi connectivity index (χ0) is 11.4. The Balaban J connectivity index is 3.90. The van der Waals surface area contributed by atoms with Crippen LogP contribution in [0.1, 0.15) is 47.5 Å². The van der Waals surface area contributed by atoms with Crippen molar-refractivity contribution in [2.24, 2.45) is 11.3 Å². The van der Waals surface area contributed by atoms with Gasteiger partial charge in [-0.1, -0.05) is 34.6 Å². The van der Waals surface area contributed by atoms with Crippen molar-refractivity contribution < 1.29 is 14.3 Å². The Morgan fingerprint density at radius 2 is 1.64 bits per heavy atom. The summed E-state index contributed by atoms with van der Waals surface area (Å²) in [4.78, 5) is 22.3. The molecule has 0 aromatic rings. The van der Waals surface area contributed by atoms with Crippen molar-refractivity contribution in [3.05, 3.63) is 0 Å². The Labute approximate surface area is 85.8 Å². The lowest BCUT2D eigenvalue weighted by Gasteiger charge is -2.16. The zero-order valence-electron chi connectivity index (χ0n) is 9.72. The van der Waals surface area contributed by atoms with Crippen molar-refractivity contribution in [1.29, 1.82) is 0 Å². The molecule has 0 N–H and O–H groups in total. The van der Waals surface area contributed by atoms with Crippen LogP contribution in [0.3, 0.4) is 0 Å². The minimum absolute atomic E-state index is 0.130. The number of carbonyl (C=O) groups is 2.